The molecule has 21 heavy (non-hydrogen) atoms. The molecule has 1 aromatic heterocycles. The molecule has 0 fully saturated rings. The van der Waals surface area contributed by atoms with Crippen molar-refractivity contribution >= 4 is 23.1 Å². The lowest BCUT2D eigenvalue weighted by atomic mass is 10.0. The molecule has 3 rings (SSSR count). The first kappa shape index (κ1) is 14.4. The van der Waals surface area contributed by atoms with Crippen molar-refractivity contribution in [3.63, 3.8) is 0 Å². The molecule has 110 valence electrons. The minimum Gasteiger partial charge on any atom is -0.326 e. The fourth-order valence-corrected chi connectivity index (χ4v) is 3.16. The van der Waals surface area contributed by atoms with E-state index in [-0.39, 0.29) is 0 Å². The number of fused-ring (bicyclic) bond motifs is 1. The molecule has 1 aliphatic rings. The maximum absolute atomic E-state index is 6.06. The van der Waals surface area contributed by atoms with Crippen LogP contribution in [-0.2, 0) is 18.7 Å². The molecule has 0 atom stereocenters. The van der Waals surface area contributed by atoms with Gasteiger partial charge in [0.05, 0.1) is 0 Å². The summed E-state index contributed by atoms with van der Waals surface area (Å²) in [5, 5.41) is 0. The van der Waals surface area contributed by atoms with Gasteiger partial charge in [0, 0.05) is 23.8 Å². The Morgan fingerprint density at radius 2 is 2.10 bits per heavy atom. The Bertz CT molecular complexity index is 624. The zero-order chi connectivity index (χ0) is 14.7. The van der Waals surface area contributed by atoms with Crippen LogP contribution in [0.15, 0.2) is 36.4 Å². The summed E-state index contributed by atoms with van der Waals surface area (Å²) in [7, 11) is 0. The van der Waals surface area contributed by atoms with Crippen LogP contribution in [0.4, 0.5) is 11.5 Å². The topological polar surface area (TPSA) is 16.1 Å². The quantitative estimate of drug-likeness (QED) is 0.750. The van der Waals surface area contributed by atoms with Crippen molar-refractivity contribution in [1.29, 1.82) is 0 Å². The molecule has 0 bridgehead atoms. The third-order valence-electron chi connectivity index (χ3n) is 3.97. The SMILES string of the molecule is CCCc1cc(CCl)cc(N2CCCc3ccccc32)n1. The second-order valence-electron chi connectivity index (χ2n) is 5.59. The summed E-state index contributed by atoms with van der Waals surface area (Å²) in [6.45, 7) is 3.21. The summed E-state index contributed by atoms with van der Waals surface area (Å²) < 4.78 is 0. The Hall–Kier alpha value is -1.54. The van der Waals surface area contributed by atoms with Gasteiger partial charge in [0.2, 0.25) is 0 Å². The lowest BCUT2D eigenvalue weighted by molar-refractivity contribution is 0.755. The van der Waals surface area contributed by atoms with Gasteiger partial charge in [0.25, 0.3) is 0 Å². The van der Waals surface area contributed by atoms with E-state index in [4.69, 9.17) is 16.6 Å². The van der Waals surface area contributed by atoms with Crippen LogP contribution < -0.4 is 4.90 Å². The highest BCUT2D eigenvalue weighted by Crippen LogP contribution is 2.33. The second kappa shape index (κ2) is 6.48. The van der Waals surface area contributed by atoms with Gasteiger partial charge in [-0.2, -0.15) is 0 Å². The predicted molar refractivity (Wildman–Crippen MR) is 89.6 cm³/mol. The van der Waals surface area contributed by atoms with Crippen LogP contribution in [0.1, 0.15) is 36.6 Å². The molecule has 2 nitrogen and oxygen atoms in total. The molecule has 0 aliphatic carbocycles. The highest BCUT2D eigenvalue weighted by Gasteiger charge is 2.19. The highest BCUT2D eigenvalue weighted by molar-refractivity contribution is 6.17. The van der Waals surface area contributed by atoms with Crippen LogP contribution in [0.2, 0.25) is 0 Å². The first-order valence-corrected chi connectivity index (χ1v) is 8.26. The number of aromatic nitrogens is 1. The highest BCUT2D eigenvalue weighted by atomic mass is 35.5. The molecule has 0 amide bonds. The number of pyridine rings is 1. The number of benzene rings is 1. The number of hydrogen-bond acceptors (Lipinski definition) is 2. The van der Waals surface area contributed by atoms with Crippen molar-refractivity contribution in [2.24, 2.45) is 0 Å². The van der Waals surface area contributed by atoms with E-state index in [0.717, 1.165) is 42.9 Å². The van der Waals surface area contributed by atoms with E-state index in [1.165, 1.54) is 17.7 Å². The van der Waals surface area contributed by atoms with Crippen LogP contribution in [-0.4, -0.2) is 11.5 Å². The van der Waals surface area contributed by atoms with Crippen molar-refractivity contribution in [3.05, 3.63) is 53.2 Å². The van der Waals surface area contributed by atoms with Gasteiger partial charge in [-0.15, -0.1) is 11.6 Å². The van der Waals surface area contributed by atoms with Crippen molar-refractivity contribution < 1.29 is 0 Å². The first-order valence-electron chi connectivity index (χ1n) is 7.73. The third kappa shape index (κ3) is 3.06. The summed E-state index contributed by atoms with van der Waals surface area (Å²) in [5.41, 5.74) is 5.02. The van der Waals surface area contributed by atoms with Crippen LogP contribution in [0, 0.1) is 0 Å². The molecule has 1 aliphatic heterocycles. The van der Waals surface area contributed by atoms with Gasteiger partial charge in [-0.3, -0.25) is 0 Å². The Labute approximate surface area is 131 Å². The Morgan fingerprint density at radius 1 is 1.24 bits per heavy atom. The van der Waals surface area contributed by atoms with E-state index >= 15 is 0 Å². The van der Waals surface area contributed by atoms with Crippen molar-refractivity contribution in [2.75, 3.05) is 11.4 Å². The van der Waals surface area contributed by atoms with Gasteiger partial charge in [0.1, 0.15) is 5.82 Å². The van der Waals surface area contributed by atoms with Gasteiger partial charge in [-0.05, 0) is 48.6 Å². The van der Waals surface area contributed by atoms with Crippen LogP contribution in [0.5, 0.6) is 0 Å². The Balaban J connectivity index is 2.02. The fourth-order valence-electron chi connectivity index (χ4n) is 3.00. The monoisotopic (exact) mass is 300 g/mol. The van der Waals surface area contributed by atoms with Gasteiger partial charge in [-0.25, -0.2) is 4.98 Å². The van der Waals surface area contributed by atoms with Gasteiger partial charge < -0.3 is 4.90 Å². The number of nitrogens with zero attached hydrogens (tertiary/aromatic N) is 2. The summed E-state index contributed by atoms with van der Waals surface area (Å²) in [6.07, 6.45) is 4.44. The molecule has 0 unspecified atom stereocenters. The maximum atomic E-state index is 6.06. The summed E-state index contributed by atoms with van der Waals surface area (Å²) in [5.74, 6) is 1.59. The standard InChI is InChI=1S/C18H21ClN2/c1-2-6-16-11-14(13-19)12-18(20-16)21-10-5-8-15-7-3-4-9-17(15)21/h3-4,7,9,11-12H,2,5-6,8,10,13H2,1H3. The molecule has 0 N–H and O–H groups in total. The van der Waals surface area contributed by atoms with Crippen molar-refractivity contribution in [1.82, 2.24) is 4.98 Å². The number of rotatable bonds is 4. The lowest BCUT2D eigenvalue weighted by Crippen LogP contribution is -2.25. The van der Waals surface area contributed by atoms with Crippen LogP contribution in [0.25, 0.3) is 0 Å². The average molecular weight is 301 g/mol. The molecular formula is C18H21ClN2. The number of hydrogen-bond donors (Lipinski definition) is 0. The molecule has 0 saturated heterocycles. The molecular weight excluding hydrogens is 280 g/mol. The third-order valence-corrected chi connectivity index (χ3v) is 4.28. The average Bonchev–Trinajstić information content (AvgIpc) is 2.54. The molecule has 2 aromatic rings. The van der Waals surface area contributed by atoms with Crippen molar-refractivity contribution in [2.45, 2.75) is 38.5 Å². The normalized spacial score (nSPS) is 14.1. The largest absolute Gasteiger partial charge is 0.326 e. The van der Waals surface area contributed by atoms with E-state index < -0.39 is 0 Å². The van der Waals surface area contributed by atoms with Gasteiger partial charge >= 0.3 is 0 Å². The zero-order valence-electron chi connectivity index (χ0n) is 12.5. The fraction of sp³-hybridized carbons (Fsp3) is 0.389. The van der Waals surface area contributed by atoms with E-state index in [1.807, 2.05) is 0 Å². The van der Waals surface area contributed by atoms with Gasteiger partial charge in [-0.1, -0.05) is 31.5 Å². The second-order valence-corrected chi connectivity index (χ2v) is 5.86. The zero-order valence-corrected chi connectivity index (χ0v) is 13.2. The number of halogens is 1. The minimum absolute atomic E-state index is 0.543. The number of para-hydroxylation sites is 1. The van der Waals surface area contributed by atoms with E-state index in [9.17, 15) is 0 Å². The van der Waals surface area contributed by atoms with E-state index in [1.54, 1.807) is 0 Å². The molecule has 0 spiro atoms. The Kier molecular flexibility index (Phi) is 4.45. The number of alkyl halides is 1. The van der Waals surface area contributed by atoms with E-state index in [0.29, 0.717) is 5.88 Å². The lowest BCUT2D eigenvalue weighted by Gasteiger charge is -2.31. The molecule has 3 heteroatoms. The Morgan fingerprint density at radius 3 is 2.90 bits per heavy atom. The molecule has 0 saturated carbocycles. The summed E-state index contributed by atoms with van der Waals surface area (Å²) in [4.78, 5) is 7.20. The smallest absolute Gasteiger partial charge is 0.133 e. The predicted octanol–water partition coefficient (Wildman–Crippen LogP) is 4.86. The van der Waals surface area contributed by atoms with E-state index in [2.05, 4.69) is 48.2 Å². The number of aryl methyl sites for hydroxylation is 2. The molecule has 0 radical (unpaired) electrons. The summed E-state index contributed by atoms with van der Waals surface area (Å²) in [6, 6.07) is 12.9. The number of anilines is 2. The minimum atomic E-state index is 0.543. The van der Waals surface area contributed by atoms with Gasteiger partial charge in [0.15, 0.2) is 0 Å². The molecule has 2 heterocycles. The van der Waals surface area contributed by atoms with Crippen molar-refractivity contribution in [3.8, 4) is 0 Å². The molecule has 1 aromatic carbocycles. The van der Waals surface area contributed by atoms with Crippen LogP contribution >= 0.6 is 11.6 Å². The first-order chi connectivity index (χ1) is 10.3. The van der Waals surface area contributed by atoms with Crippen LogP contribution in [0.3, 0.4) is 0 Å². The maximum Gasteiger partial charge on any atom is 0.133 e. The summed E-state index contributed by atoms with van der Waals surface area (Å²) >= 11 is 6.06.